The van der Waals surface area contributed by atoms with E-state index in [0.29, 0.717) is 45.6 Å². The minimum atomic E-state index is -4.80. The van der Waals surface area contributed by atoms with Crippen LogP contribution in [0.3, 0.4) is 0 Å². The van der Waals surface area contributed by atoms with Crippen molar-refractivity contribution >= 4 is 29.0 Å². The molecular weight excluding hydrogens is 583 g/mol. The molecule has 1 aromatic carbocycles. The number of aromatic nitrogens is 3. The number of rotatable bonds is 7. The van der Waals surface area contributed by atoms with Crippen molar-refractivity contribution < 1.29 is 22.7 Å². The number of aromatic amines is 1. The molecule has 2 aliphatic rings. The number of H-pyrrole nitrogens is 1. The number of nitrogens with zero attached hydrogens (tertiary/aromatic N) is 5. The first-order valence-corrected chi connectivity index (χ1v) is 14.4. The Hall–Kier alpha value is -2.44. The van der Waals surface area contributed by atoms with Gasteiger partial charge in [-0.25, -0.2) is 14.4 Å². The van der Waals surface area contributed by atoms with Gasteiger partial charge in [0.1, 0.15) is 17.5 Å². The number of alkyl halides is 3. The van der Waals surface area contributed by atoms with E-state index in [9.17, 15) is 22.7 Å². The van der Waals surface area contributed by atoms with Crippen molar-refractivity contribution in [1.29, 1.82) is 0 Å². The van der Waals surface area contributed by atoms with Gasteiger partial charge in [0, 0.05) is 60.6 Å². The zero-order chi connectivity index (χ0) is 29.3. The van der Waals surface area contributed by atoms with Gasteiger partial charge in [-0.2, -0.15) is 13.2 Å². The molecule has 2 atom stereocenters. The molecule has 0 aliphatic carbocycles. The largest absolute Gasteiger partial charge is 0.420 e. The van der Waals surface area contributed by atoms with E-state index in [1.54, 1.807) is 18.2 Å². The molecule has 0 spiro atoms. The third kappa shape index (κ3) is 6.80. The van der Waals surface area contributed by atoms with E-state index in [1.807, 2.05) is 0 Å². The average molecular weight is 616 g/mol. The van der Waals surface area contributed by atoms with Crippen LogP contribution in [0.15, 0.2) is 36.7 Å². The number of aliphatic hydroxyl groups is 1. The number of pyridine rings is 1. The first-order valence-electron chi connectivity index (χ1n) is 13.7. The summed E-state index contributed by atoms with van der Waals surface area (Å²) >= 11 is 12.5. The number of hydrogen-bond acceptors (Lipinski definition) is 6. The third-order valence-corrected chi connectivity index (χ3v) is 8.54. The van der Waals surface area contributed by atoms with Gasteiger partial charge in [-0.15, -0.1) is 0 Å². The van der Waals surface area contributed by atoms with Crippen LogP contribution in [-0.2, 0) is 6.54 Å². The molecule has 222 valence electrons. The quantitative estimate of drug-likeness (QED) is 0.314. The van der Waals surface area contributed by atoms with Crippen LogP contribution in [0.1, 0.15) is 43.5 Å². The van der Waals surface area contributed by atoms with E-state index < -0.39 is 18.0 Å². The Balaban J connectivity index is 1.19. The summed E-state index contributed by atoms with van der Waals surface area (Å²) in [6.07, 6.45) is -1.99. The molecule has 0 saturated carbocycles. The molecule has 1 unspecified atom stereocenters. The number of likely N-dealkylation sites (tertiary alicyclic amines) is 1. The van der Waals surface area contributed by atoms with Gasteiger partial charge in [-0.1, -0.05) is 36.2 Å². The standard InChI is InChI=1S/C28H32Cl2F4N6O/c1-2-20-16-39(27-22(30)11-18(13-36-27)26-35-14-24(37-26)25(41)28(32,33)34)9-10-40(20)21-5-7-38(8-6-21)15-17-3-4-19(29)12-23(17)31/h3-4,11-14,20-21,25,41H,2,5-10,15-16H2,1H3,(H,35,37)/t20-,25?/m0/s1. The predicted octanol–water partition coefficient (Wildman–Crippen LogP) is 6.08. The Bertz CT molecular complexity index is 1350. The minimum Gasteiger partial charge on any atom is -0.378 e. The van der Waals surface area contributed by atoms with Crippen LogP contribution in [0.2, 0.25) is 10.0 Å². The van der Waals surface area contributed by atoms with Crippen molar-refractivity contribution in [3.05, 3.63) is 63.8 Å². The number of benzene rings is 1. The van der Waals surface area contributed by atoms with Gasteiger partial charge in [0.25, 0.3) is 0 Å². The predicted molar refractivity (Wildman–Crippen MR) is 151 cm³/mol. The molecule has 13 heteroatoms. The molecule has 0 radical (unpaired) electrons. The average Bonchev–Trinajstić information content (AvgIpc) is 3.44. The zero-order valence-electron chi connectivity index (χ0n) is 22.5. The summed E-state index contributed by atoms with van der Waals surface area (Å²) in [6.45, 7) is 6.87. The molecule has 2 aromatic heterocycles. The van der Waals surface area contributed by atoms with Crippen LogP contribution in [0, 0.1) is 5.82 Å². The van der Waals surface area contributed by atoms with Gasteiger partial charge >= 0.3 is 6.18 Å². The smallest absolute Gasteiger partial charge is 0.378 e. The molecular formula is C28H32Cl2F4N6O. The van der Waals surface area contributed by atoms with Crippen molar-refractivity contribution in [2.75, 3.05) is 37.6 Å². The van der Waals surface area contributed by atoms with E-state index in [0.717, 1.165) is 58.2 Å². The molecule has 3 aromatic rings. The van der Waals surface area contributed by atoms with Gasteiger partial charge in [0.15, 0.2) is 6.10 Å². The molecule has 2 saturated heterocycles. The number of halogens is 6. The Morgan fingerprint density at radius 3 is 2.49 bits per heavy atom. The molecule has 2 N–H and O–H groups in total. The highest BCUT2D eigenvalue weighted by molar-refractivity contribution is 6.33. The van der Waals surface area contributed by atoms with Gasteiger partial charge in [-0.3, -0.25) is 9.80 Å². The molecule has 5 rings (SSSR count). The van der Waals surface area contributed by atoms with E-state index in [2.05, 4.69) is 36.6 Å². The number of piperazine rings is 1. The normalized spacial score (nSPS) is 20.5. The second-order valence-corrected chi connectivity index (χ2v) is 11.5. The van der Waals surface area contributed by atoms with Gasteiger partial charge in [0.05, 0.1) is 16.9 Å². The molecule has 2 fully saturated rings. The summed E-state index contributed by atoms with van der Waals surface area (Å²) in [5.74, 6) is 0.498. The number of nitrogens with one attached hydrogen (secondary N) is 1. The van der Waals surface area contributed by atoms with Crippen LogP contribution in [0.25, 0.3) is 11.4 Å². The van der Waals surface area contributed by atoms with Crippen LogP contribution in [0.4, 0.5) is 23.4 Å². The fraction of sp³-hybridized carbons (Fsp3) is 0.500. The lowest BCUT2D eigenvalue weighted by molar-refractivity contribution is -0.207. The first kappa shape index (κ1) is 30.0. The Morgan fingerprint density at radius 2 is 1.83 bits per heavy atom. The van der Waals surface area contributed by atoms with E-state index in [4.69, 9.17) is 23.2 Å². The number of aliphatic hydroxyl groups excluding tert-OH is 1. The maximum absolute atomic E-state index is 14.3. The zero-order valence-corrected chi connectivity index (χ0v) is 24.0. The Labute approximate surface area is 246 Å². The highest BCUT2D eigenvalue weighted by Gasteiger charge is 2.40. The lowest BCUT2D eigenvalue weighted by Crippen LogP contribution is -2.58. The lowest BCUT2D eigenvalue weighted by Gasteiger charge is -2.47. The highest BCUT2D eigenvalue weighted by Crippen LogP contribution is 2.34. The van der Waals surface area contributed by atoms with Crippen LogP contribution < -0.4 is 4.90 Å². The third-order valence-electron chi connectivity index (χ3n) is 8.03. The number of piperidine rings is 1. The summed E-state index contributed by atoms with van der Waals surface area (Å²) < 4.78 is 52.8. The summed E-state index contributed by atoms with van der Waals surface area (Å²) in [7, 11) is 0. The van der Waals surface area contributed by atoms with Crippen molar-refractivity contribution in [2.24, 2.45) is 0 Å². The molecule has 7 nitrogen and oxygen atoms in total. The Kier molecular flexibility index (Phi) is 9.10. The minimum absolute atomic E-state index is 0.144. The maximum atomic E-state index is 14.3. The molecule has 0 bridgehead atoms. The van der Waals surface area contributed by atoms with Crippen molar-refractivity contribution in [3.8, 4) is 11.4 Å². The second kappa shape index (κ2) is 12.4. The number of imidazole rings is 1. The lowest BCUT2D eigenvalue weighted by atomic mass is 9.97. The van der Waals surface area contributed by atoms with E-state index >= 15 is 0 Å². The van der Waals surface area contributed by atoms with Crippen molar-refractivity contribution in [3.63, 3.8) is 0 Å². The van der Waals surface area contributed by atoms with Crippen molar-refractivity contribution in [1.82, 2.24) is 24.8 Å². The van der Waals surface area contributed by atoms with Gasteiger partial charge in [0.2, 0.25) is 0 Å². The Morgan fingerprint density at radius 1 is 1.07 bits per heavy atom. The first-order chi connectivity index (χ1) is 19.5. The summed E-state index contributed by atoms with van der Waals surface area (Å²) in [6, 6.07) is 7.22. The fourth-order valence-electron chi connectivity index (χ4n) is 5.80. The van der Waals surface area contributed by atoms with Gasteiger partial charge < -0.3 is 15.0 Å². The monoisotopic (exact) mass is 614 g/mol. The molecule has 4 heterocycles. The van der Waals surface area contributed by atoms with E-state index in [-0.39, 0.29) is 11.6 Å². The fourth-order valence-corrected chi connectivity index (χ4v) is 6.24. The molecule has 0 amide bonds. The number of hydrogen-bond donors (Lipinski definition) is 2. The SMILES string of the molecule is CC[C@H]1CN(c2ncc(-c3ncc(C(O)C(F)(F)F)[nH]3)cc2Cl)CCN1C1CCN(Cc2ccc(Cl)cc2F)CC1. The topological polar surface area (TPSA) is 71.5 Å². The number of anilines is 1. The van der Waals surface area contributed by atoms with E-state index in [1.165, 1.54) is 12.3 Å². The highest BCUT2D eigenvalue weighted by atomic mass is 35.5. The van der Waals surface area contributed by atoms with Crippen LogP contribution >= 0.6 is 23.2 Å². The van der Waals surface area contributed by atoms with Crippen molar-refractivity contribution in [2.45, 2.75) is 57.1 Å². The summed E-state index contributed by atoms with van der Waals surface area (Å²) in [5, 5.41) is 10.3. The summed E-state index contributed by atoms with van der Waals surface area (Å²) in [5.41, 5.74) is 0.641. The van der Waals surface area contributed by atoms with Gasteiger partial charge in [-0.05, 0) is 50.6 Å². The summed E-state index contributed by atoms with van der Waals surface area (Å²) in [4.78, 5) is 18.0. The molecule has 2 aliphatic heterocycles. The second-order valence-electron chi connectivity index (χ2n) is 10.6. The maximum Gasteiger partial charge on any atom is 0.420 e. The molecule has 41 heavy (non-hydrogen) atoms. The van der Waals surface area contributed by atoms with Crippen LogP contribution in [0.5, 0.6) is 0 Å². The van der Waals surface area contributed by atoms with Crippen LogP contribution in [-0.4, -0.2) is 80.8 Å².